The Balaban J connectivity index is 2.18. The minimum Gasteiger partial charge on any atom is -0.497 e. The van der Waals surface area contributed by atoms with Crippen LogP contribution in [0.4, 0.5) is 0 Å². The number of methoxy groups -OCH3 is 1. The predicted molar refractivity (Wildman–Crippen MR) is 92.2 cm³/mol. The van der Waals surface area contributed by atoms with Crippen LogP contribution in [-0.2, 0) is 6.54 Å². The molecule has 0 saturated carbocycles. The van der Waals surface area contributed by atoms with Gasteiger partial charge in [0.2, 0.25) is 0 Å². The summed E-state index contributed by atoms with van der Waals surface area (Å²) in [7, 11) is 1.61. The first kappa shape index (κ1) is 17.3. The summed E-state index contributed by atoms with van der Waals surface area (Å²) in [5.41, 5.74) is 0.677. The van der Waals surface area contributed by atoms with Crippen molar-refractivity contribution in [3.8, 4) is 5.75 Å². The van der Waals surface area contributed by atoms with Gasteiger partial charge in [0.05, 0.1) is 12.4 Å². The van der Waals surface area contributed by atoms with Crippen molar-refractivity contribution in [1.29, 1.82) is 0 Å². The van der Waals surface area contributed by atoms with Crippen molar-refractivity contribution in [2.45, 2.75) is 37.2 Å². The highest BCUT2D eigenvalue weighted by atomic mass is 32.2. The van der Waals surface area contributed by atoms with E-state index in [4.69, 9.17) is 4.74 Å². The summed E-state index contributed by atoms with van der Waals surface area (Å²) in [6.07, 6.45) is 2.52. The molecular formula is C17H21N3O2S. The fourth-order valence-corrected chi connectivity index (χ4v) is 3.26. The average Bonchev–Trinajstić information content (AvgIpc) is 2.92. The van der Waals surface area contributed by atoms with E-state index in [0.29, 0.717) is 12.1 Å². The van der Waals surface area contributed by atoms with Gasteiger partial charge in [0.1, 0.15) is 11.6 Å². The van der Waals surface area contributed by atoms with Gasteiger partial charge in [0, 0.05) is 12.1 Å². The van der Waals surface area contributed by atoms with Gasteiger partial charge in [-0.1, -0.05) is 24.8 Å². The molecule has 0 bridgehead atoms. The zero-order valence-corrected chi connectivity index (χ0v) is 14.5. The van der Waals surface area contributed by atoms with Crippen molar-refractivity contribution in [1.82, 2.24) is 14.8 Å². The summed E-state index contributed by atoms with van der Waals surface area (Å²) in [6, 6.07) is 7.19. The van der Waals surface area contributed by atoms with E-state index in [0.717, 1.165) is 23.2 Å². The van der Waals surface area contributed by atoms with E-state index in [-0.39, 0.29) is 11.0 Å². The second-order valence-electron chi connectivity index (χ2n) is 5.04. The summed E-state index contributed by atoms with van der Waals surface area (Å²) < 4.78 is 7.09. The molecule has 0 aliphatic rings. The van der Waals surface area contributed by atoms with Gasteiger partial charge >= 0.3 is 0 Å². The van der Waals surface area contributed by atoms with Gasteiger partial charge in [0.25, 0.3) is 0 Å². The quantitative estimate of drug-likeness (QED) is 0.421. The normalized spacial score (nSPS) is 12.0. The summed E-state index contributed by atoms with van der Waals surface area (Å²) in [4.78, 5) is 12.7. The van der Waals surface area contributed by atoms with E-state index >= 15 is 0 Å². The van der Waals surface area contributed by atoms with E-state index in [1.165, 1.54) is 11.8 Å². The number of allylic oxidation sites excluding steroid dienone is 1. The van der Waals surface area contributed by atoms with Crippen molar-refractivity contribution < 1.29 is 9.53 Å². The molecule has 1 aromatic heterocycles. The minimum absolute atomic E-state index is 0.0889. The number of ketones is 1. The van der Waals surface area contributed by atoms with Crippen LogP contribution in [0.2, 0.25) is 0 Å². The molecule has 5 nitrogen and oxygen atoms in total. The molecule has 0 radical (unpaired) electrons. The number of carbonyl (C=O) groups is 1. The summed E-state index contributed by atoms with van der Waals surface area (Å²) >= 11 is 1.45. The van der Waals surface area contributed by atoms with Crippen LogP contribution in [0.1, 0.15) is 29.5 Å². The molecule has 0 unspecified atom stereocenters. The number of aryl methyl sites for hydroxylation is 1. The summed E-state index contributed by atoms with van der Waals surface area (Å²) in [5.74, 6) is 1.65. The lowest BCUT2D eigenvalue weighted by Gasteiger charge is -2.14. The topological polar surface area (TPSA) is 57.0 Å². The fourth-order valence-electron chi connectivity index (χ4n) is 2.18. The minimum atomic E-state index is -0.199. The van der Waals surface area contributed by atoms with E-state index in [2.05, 4.69) is 16.8 Å². The molecule has 0 aliphatic heterocycles. The molecule has 6 heteroatoms. The Hall–Kier alpha value is -2.08. The number of carbonyl (C=O) groups excluding carboxylic acids is 1. The molecule has 0 amide bonds. The number of rotatable bonds is 8. The Morgan fingerprint density at radius 3 is 2.65 bits per heavy atom. The third kappa shape index (κ3) is 4.01. The fraction of sp³-hybridized carbons (Fsp3) is 0.353. The molecule has 122 valence electrons. The van der Waals surface area contributed by atoms with Crippen LogP contribution in [0.5, 0.6) is 5.75 Å². The predicted octanol–water partition coefficient (Wildman–Crippen LogP) is 3.53. The molecule has 1 atom stereocenters. The zero-order chi connectivity index (χ0) is 16.8. The number of benzene rings is 1. The van der Waals surface area contributed by atoms with Gasteiger partial charge in [-0.2, -0.15) is 0 Å². The highest BCUT2D eigenvalue weighted by molar-refractivity contribution is 8.00. The second-order valence-corrected chi connectivity index (χ2v) is 6.21. The van der Waals surface area contributed by atoms with Gasteiger partial charge in [-0.25, -0.2) is 0 Å². The Morgan fingerprint density at radius 1 is 1.39 bits per heavy atom. The Morgan fingerprint density at radius 2 is 2.09 bits per heavy atom. The Kier molecular flexibility index (Phi) is 5.98. The van der Waals surface area contributed by atoms with E-state index in [1.807, 2.05) is 18.4 Å². The van der Waals surface area contributed by atoms with Gasteiger partial charge in [-0.05, 0) is 37.6 Å². The monoisotopic (exact) mass is 331 g/mol. The molecule has 23 heavy (non-hydrogen) atoms. The van der Waals surface area contributed by atoms with Gasteiger partial charge in [-0.3, -0.25) is 4.79 Å². The number of aromatic nitrogens is 3. The molecule has 0 saturated heterocycles. The lowest BCUT2D eigenvalue weighted by atomic mass is 10.1. The van der Waals surface area contributed by atoms with Crippen molar-refractivity contribution in [2.75, 3.05) is 7.11 Å². The molecule has 1 heterocycles. The standard InChI is InChI=1S/C17H21N3O2S/c1-5-11-20-12(3)18-19-17(20)23-15(6-2)16(21)13-7-9-14(22-4)10-8-13/h5,7-10,15H,1,6,11H2,2-4H3/t15-/m1/s1. The third-order valence-electron chi connectivity index (χ3n) is 3.50. The molecule has 0 spiro atoms. The van der Waals surface area contributed by atoms with Crippen molar-refractivity contribution in [2.24, 2.45) is 0 Å². The number of nitrogens with zero attached hydrogens (tertiary/aromatic N) is 3. The van der Waals surface area contributed by atoms with Crippen LogP contribution in [0.25, 0.3) is 0 Å². The number of hydrogen-bond donors (Lipinski definition) is 0. The lowest BCUT2D eigenvalue weighted by molar-refractivity contribution is 0.0988. The van der Waals surface area contributed by atoms with Crippen molar-refractivity contribution in [3.63, 3.8) is 0 Å². The number of Topliss-reactive ketones (excluding diaryl/α,β-unsaturated/α-hetero) is 1. The highest BCUT2D eigenvalue weighted by Gasteiger charge is 2.22. The van der Waals surface area contributed by atoms with Gasteiger partial charge < -0.3 is 9.30 Å². The van der Waals surface area contributed by atoms with Crippen molar-refractivity contribution in [3.05, 3.63) is 48.3 Å². The van der Waals surface area contributed by atoms with E-state index in [9.17, 15) is 4.79 Å². The van der Waals surface area contributed by atoms with Crippen LogP contribution in [0.3, 0.4) is 0 Å². The molecule has 2 aromatic rings. The maximum atomic E-state index is 12.7. The van der Waals surface area contributed by atoms with E-state index < -0.39 is 0 Å². The maximum Gasteiger partial charge on any atom is 0.192 e. The van der Waals surface area contributed by atoms with Crippen molar-refractivity contribution >= 4 is 17.5 Å². The number of hydrogen-bond acceptors (Lipinski definition) is 5. The molecule has 2 rings (SSSR count). The number of ether oxygens (including phenoxy) is 1. The maximum absolute atomic E-state index is 12.7. The molecule has 0 N–H and O–H groups in total. The summed E-state index contributed by atoms with van der Waals surface area (Å²) in [5, 5.41) is 8.82. The average molecular weight is 331 g/mol. The first-order valence-corrected chi connectivity index (χ1v) is 8.34. The zero-order valence-electron chi connectivity index (χ0n) is 13.7. The number of thioether (sulfide) groups is 1. The van der Waals surface area contributed by atoms with E-state index in [1.54, 1.807) is 37.5 Å². The van der Waals surface area contributed by atoms with Crippen LogP contribution >= 0.6 is 11.8 Å². The van der Waals surface area contributed by atoms with Gasteiger partial charge in [-0.15, -0.1) is 16.8 Å². The smallest absolute Gasteiger partial charge is 0.192 e. The first-order valence-electron chi connectivity index (χ1n) is 7.46. The summed E-state index contributed by atoms with van der Waals surface area (Å²) in [6.45, 7) is 8.28. The first-order chi connectivity index (χ1) is 11.1. The molecular weight excluding hydrogens is 310 g/mol. The van der Waals surface area contributed by atoms with Crippen LogP contribution in [0, 0.1) is 6.92 Å². The largest absolute Gasteiger partial charge is 0.497 e. The molecule has 0 fully saturated rings. The van der Waals surface area contributed by atoms with Gasteiger partial charge in [0.15, 0.2) is 10.9 Å². The lowest BCUT2D eigenvalue weighted by Crippen LogP contribution is -2.17. The molecule has 0 aliphatic carbocycles. The second kappa shape index (κ2) is 7.97. The highest BCUT2D eigenvalue weighted by Crippen LogP contribution is 2.27. The van der Waals surface area contributed by atoms with Crippen LogP contribution in [-0.4, -0.2) is 32.9 Å². The Labute approximate surface area is 140 Å². The Bertz CT molecular complexity index is 680. The molecule has 1 aromatic carbocycles. The van der Waals surface area contributed by atoms with Crippen LogP contribution in [0.15, 0.2) is 42.1 Å². The SMILES string of the molecule is C=CCn1c(C)nnc1S[C@H](CC)C(=O)c1ccc(OC)cc1. The van der Waals surface area contributed by atoms with Crippen LogP contribution < -0.4 is 4.74 Å². The third-order valence-corrected chi connectivity index (χ3v) is 4.84.